The van der Waals surface area contributed by atoms with Crippen molar-refractivity contribution in [3.05, 3.63) is 34.9 Å². The number of hydrogen-bond donors (Lipinski definition) is 0. The second-order valence-electron chi connectivity index (χ2n) is 4.74. The molecule has 1 aromatic rings. The van der Waals surface area contributed by atoms with Crippen molar-refractivity contribution in [1.82, 2.24) is 0 Å². The first kappa shape index (κ1) is 15.5. The molecule has 20 heavy (non-hydrogen) atoms. The first-order chi connectivity index (χ1) is 9.42. The van der Waals surface area contributed by atoms with Gasteiger partial charge in [0.2, 0.25) is 12.0 Å². The van der Waals surface area contributed by atoms with E-state index in [1.54, 1.807) is 26.0 Å². The molecule has 5 heteroatoms. The minimum Gasteiger partial charge on any atom is -0.296 e. The molecule has 0 amide bonds. The summed E-state index contributed by atoms with van der Waals surface area (Å²) in [5.74, 6) is -1.94. The van der Waals surface area contributed by atoms with Crippen LogP contribution in [0.2, 0.25) is 0 Å². The molecule has 0 aromatic heterocycles. The van der Waals surface area contributed by atoms with Gasteiger partial charge in [-0.1, -0.05) is 19.9 Å². The Kier molecular flexibility index (Phi) is 5.11. The molecular formula is C15H13FN2O2. The first-order valence-electron chi connectivity index (χ1n) is 6.06. The van der Waals surface area contributed by atoms with Crippen molar-refractivity contribution >= 4 is 11.6 Å². The number of benzene rings is 1. The van der Waals surface area contributed by atoms with Crippen molar-refractivity contribution in [2.45, 2.75) is 26.4 Å². The molecule has 1 rings (SSSR count). The average molecular weight is 272 g/mol. The minimum atomic E-state index is -2.29. The quantitative estimate of drug-likeness (QED) is 0.609. The molecule has 0 spiro atoms. The van der Waals surface area contributed by atoms with Crippen molar-refractivity contribution < 1.29 is 14.0 Å². The zero-order valence-electron chi connectivity index (χ0n) is 11.2. The molecule has 0 saturated heterocycles. The van der Waals surface area contributed by atoms with Gasteiger partial charge >= 0.3 is 0 Å². The molecule has 0 heterocycles. The molecule has 0 aliphatic rings. The largest absolute Gasteiger partial charge is 0.296 e. The zero-order valence-corrected chi connectivity index (χ0v) is 11.2. The van der Waals surface area contributed by atoms with Gasteiger partial charge in [0.1, 0.15) is 12.1 Å². The van der Waals surface area contributed by atoms with Crippen LogP contribution in [-0.4, -0.2) is 17.7 Å². The Bertz CT molecular complexity index is 624. The molecule has 1 atom stereocenters. The molecule has 4 nitrogen and oxygen atoms in total. The Labute approximate surface area is 116 Å². The maximum absolute atomic E-state index is 13.9. The number of carbonyl (C=O) groups is 2. The molecular weight excluding hydrogens is 259 g/mol. The third-order valence-electron chi connectivity index (χ3n) is 2.68. The molecule has 0 radical (unpaired) electrons. The number of nitrogens with zero attached hydrogens (tertiary/aromatic N) is 2. The van der Waals surface area contributed by atoms with Gasteiger partial charge in [0.05, 0.1) is 11.1 Å². The summed E-state index contributed by atoms with van der Waals surface area (Å²) in [6.07, 6.45) is -2.34. The van der Waals surface area contributed by atoms with Gasteiger partial charge in [-0.25, -0.2) is 4.39 Å². The second kappa shape index (κ2) is 6.58. The maximum Gasteiger partial charge on any atom is 0.220 e. The molecule has 0 saturated carbocycles. The van der Waals surface area contributed by atoms with Crippen molar-refractivity contribution in [3.8, 4) is 12.1 Å². The number of hydrogen-bond acceptors (Lipinski definition) is 4. The molecule has 1 aromatic carbocycles. The van der Waals surface area contributed by atoms with Gasteiger partial charge in [0, 0.05) is 12.0 Å². The standard InChI is InChI=1S/C15H13FN2O2/c1-9(2)6-13(19)14(16)15(20)11-5-3-4-10(7-17)12(11)8-18/h3-5,9,14H,6H2,1-2H3. The summed E-state index contributed by atoms with van der Waals surface area (Å²) in [7, 11) is 0. The van der Waals surface area contributed by atoms with Crippen LogP contribution >= 0.6 is 0 Å². The van der Waals surface area contributed by atoms with Crippen LogP contribution < -0.4 is 0 Å². The molecule has 0 fully saturated rings. The van der Waals surface area contributed by atoms with E-state index in [4.69, 9.17) is 10.5 Å². The Balaban J connectivity index is 3.14. The van der Waals surface area contributed by atoms with Crippen molar-refractivity contribution in [3.63, 3.8) is 0 Å². The van der Waals surface area contributed by atoms with E-state index < -0.39 is 17.7 Å². The van der Waals surface area contributed by atoms with Gasteiger partial charge in [0.15, 0.2) is 5.78 Å². The number of ketones is 2. The Morgan fingerprint density at radius 3 is 2.40 bits per heavy atom. The summed E-state index contributed by atoms with van der Waals surface area (Å²) < 4.78 is 13.9. The molecule has 1 unspecified atom stereocenters. The number of Topliss-reactive ketones (excluding diaryl/α,β-unsaturated/α-hetero) is 2. The van der Waals surface area contributed by atoms with Gasteiger partial charge in [0.25, 0.3) is 0 Å². The first-order valence-corrected chi connectivity index (χ1v) is 6.06. The van der Waals surface area contributed by atoms with Crippen LogP contribution in [0.3, 0.4) is 0 Å². The SMILES string of the molecule is CC(C)CC(=O)C(F)C(=O)c1cccc(C#N)c1C#N. The fraction of sp³-hybridized carbons (Fsp3) is 0.333. The van der Waals surface area contributed by atoms with E-state index in [0.717, 1.165) is 0 Å². The van der Waals surface area contributed by atoms with Crippen LogP contribution in [0.15, 0.2) is 18.2 Å². The molecule has 0 aliphatic heterocycles. The predicted molar refractivity (Wildman–Crippen MR) is 69.6 cm³/mol. The van der Waals surface area contributed by atoms with Crippen LogP contribution in [0, 0.1) is 28.6 Å². The average Bonchev–Trinajstić information content (AvgIpc) is 2.43. The van der Waals surface area contributed by atoms with Crippen molar-refractivity contribution in [1.29, 1.82) is 10.5 Å². The summed E-state index contributed by atoms with van der Waals surface area (Å²) >= 11 is 0. The summed E-state index contributed by atoms with van der Waals surface area (Å²) in [4.78, 5) is 23.5. The monoisotopic (exact) mass is 272 g/mol. The van der Waals surface area contributed by atoms with E-state index in [9.17, 15) is 14.0 Å². The van der Waals surface area contributed by atoms with E-state index in [1.807, 2.05) is 0 Å². The summed E-state index contributed by atoms with van der Waals surface area (Å²) in [6.45, 7) is 3.48. The number of rotatable bonds is 5. The van der Waals surface area contributed by atoms with Crippen molar-refractivity contribution in [2.24, 2.45) is 5.92 Å². The smallest absolute Gasteiger partial charge is 0.220 e. The van der Waals surface area contributed by atoms with Gasteiger partial charge in [-0.2, -0.15) is 10.5 Å². The summed E-state index contributed by atoms with van der Waals surface area (Å²) in [5, 5.41) is 17.8. The van der Waals surface area contributed by atoms with E-state index in [2.05, 4.69) is 0 Å². The topological polar surface area (TPSA) is 81.7 Å². The van der Waals surface area contributed by atoms with Crippen LogP contribution in [-0.2, 0) is 4.79 Å². The Morgan fingerprint density at radius 1 is 1.25 bits per heavy atom. The maximum atomic E-state index is 13.9. The lowest BCUT2D eigenvalue weighted by Gasteiger charge is -2.10. The predicted octanol–water partition coefficient (Wildman–Crippen LogP) is 2.57. The highest BCUT2D eigenvalue weighted by Gasteiger charge is 2.29. The summed E-state index contributed by atoms with van der Waals surface area (Å²) in [5.41, 5.74) is -0.432. The highest BCUT2D eigenvalue weighted by atomic mass is 19.1. The lowest BCUT2D eigenvalue weighted by Crippen LogP contribution is -2.27. The van der Waals surface area contributed by atoms with E-state index in [1.165, 1.54) is 18.2 Å². The van der Waals surface area contributed by atoms with Gasteiger partial charge in [-0.3, -0.25) is 9.59 Å². The van der Waals surface area contributed by atoms with Gasteiger partial charge in [-0.05, 0) is 18.1 Å². The fourth-order valence-corrected chi connectivity index (χ4v) is 1.76. The van der Waals surface area contributed by atoms with E-state index in [0.29, 0.717) is 0 Å². The third-order valence-corrected chi connectivity index (χ3v) is 2.68. The lowest BCUT2D eigenvalue weighted by atomic mass is 9.94. The highest BCUT2D eigenvalue weighted by molar-refractivity contribution is 6.14. The number of halogens is 1. The highest BCUT2D eigenvalue weighted by Crippen LogP contribution is 2.18. The lowest BCUT2D eigenvalue weighted by molar-refractivity contribution is -0.122. The second-order valence-corrected chi connectivity index (χ2v) is 4.74. The van der Waals surface area contributed by atoms with Gasteiger partial charge in [-0.15, -0.1) is 0 Å². The van der Waals surface area contributed by atoms with Gasteiger partial charge < -0.3 is 0 Å². The number of carbonyl (C=O) groups excluding carboxylic acids is 2. The van der Waals surface area contributed by atoms with Crippen LogP contribution in [0.1, 0.15) is 41.8 Å². The van der Waals surface area contributed by atoms with E-state index >= 15 is 0 Å². The minimum absolute atomic E-state index is 0.0122. The third kappa shape index (κ3) is 3.27. The normalized spacial score (nSPS) is 11.5. The molecule has 0 bridgehead atoms. The fourth-order valence-electron chi connectivity index (χ4n) is 1.76. The van der Waals surface area contributed by atoms with Crippen LogP contribution in [0.25, 0.3) is 0 Å². The van der Waals surface area contributed by atoms with Crippen LogP contribution in [0.4, 0.5) is 4.39 Å². The van der Waals surface area contributed by atoms with Crippen LogP contribution in [0.5, 0.6) is 0 Å². The molecule has 0 N–H and O–H groups in total. The number of nitriles is 2. The molecule has 102 valence electrons. The summed E-state index contributed by atoms with van der Waals surface area (Å²) in [6, 6.07) is 7.46. The number of alkyl halides is 1. The Morgan fingerprint density at radius 2 is 1.90 bits per heavy atom. The zero-order chi connectivity index (χ0) is 15.3. The van der Waals surface area contributed by atoms with E-state index in [-0.39, 0.29) is 29.0 Å². The Hall–Kier alpha value is -2.53. The molecule has 0 aliphatic carbocycles. The van der Waals surface area contributed by atoms with Crippen molar-refractivity contribution in [2.75, 3.05) is 0 Å².